The topological polar surface area (TPSA) is 98.0 Å². The second kappa shape index (κ2) is 8.06. The normalized spacial score (nSPS) is 25.4. The number of nitrogens with zero attached hydrogens (tertiary/aromatic N) is 3. The Bertz CT molecular complexity index is 1920. The van der Waals surface area contributed by atoms with Gasteiger partial charge >= 0.3 is 5.97 Å². The number of fused-ring (bicyclic) bond motifs is 13. The van der Waals surface area contributed by atoms with E-state index in [4.69, 9.17) is 9.47 Å². The molecule has 0 aliphatic carbocycles. The van der Waals surface area contributed by atoms with E-state index < -0.39 is 11.7 Å². The SMILES string of the molecule is COC1C(N(C)CCC(=O)O)C[C@@H]2O[C@@]1(C)n1c3ccccc3c3c4c(c5c6ccccc6n2c5c31)C(=O)NC4. The Hall–Kier alpha value is -3.92. The number of carbonyl (C=O) groups is 2. The van der Waals surface area contributed by atoms with E-state index in [0.29, 0.717) is 19.5 Å². The Morgan fingerprint density at radius 3 is 2.55 bits per heavy atom. The minimum Gasteiger partial charge on any atom is -0.481 e. The molecule has 204 valence electrons. The highest BCUT2D eigenvalue weighted by molar-refractivity contribution is 6.31. The molecule has 1 saturated heterocycles. The fourth-order valence-electron chi connectivity index (χ4n) is 7.88. The second-order valence-electron chi connectivity index (χ2n) is 11.4. The van der Waals surface area contributed by atoms with Crippen LogP contribution >= 0.6 is 0 Å². The van der Waals surface area contributed by atoms with Crippen molar-refractivity contribution in [3.05, 3.63) is 59.7 Å². The van der Waals surface area contributed by atoms with Crippen LogP contribution in [0.4, 0.5) is 0 Å². The van der Waals surface area contributed by atoms with Gasteiger partial charge in [0.15, 0.2) is 5.72 Å². The maximum Gasteiger partial charge on any atom is 0.304 e. The number of aliphatic carboxylic acids is 1. The zero-order valence-corrected chi connectivity index (χ0v) is 22.6. The molecule has 3 aromatic carbocycles. The van der Waals surface area contributed by atoms with Crippen LogP contribution in [0.2, 0.25) is 0 Å². The first-order valence-corrected chi connectivity index (χ1v) is 13.8. The molecule has 9 heteroatoms. The highest BCUT2D eigenvalue weighted by atomic mass is 16.6. The summed E-state index contributed by atoms with van der Waals surface area (Å²) in [5.74, 6) is -0.870. The summed E-state index contributed by atoms with van der Waals surface area (Å²) in [4.78, 5) is 27.0. The zero-order valence-electron chi connectivity index (χ0n) is 22.6. The van der Waals surface area contributed by atoms with Crippen molar-refractivity contribution in [3.8, 4) is 0 Å². The molecule has 0 radical (unpaired) electrons. The Balaban J connectivity index is 1.56. The van der Waals surface area contributed by atoms with Gasteiger partial charge in [-0.05, 0) is 31.7 Å². The van der Waals surface area contributed by atoms with Crippen molar-refractivity contribution in [2.75, 3.05) is 20.7 Å². The number of nitrogens with one attached hydrogen (secondary N) is 1. The molecule has 4 atom stereocenters. The number of aromatic nitrogens is 2. The molecule has 3 aliphatic heterocycles. The smallest absolute Gasteiger partial charge is 0.304 e. The van der Waals surface area contributed by atoms with Gasteiger partial charge in [-0.3, -0.25) is 14.5 Å². The number of likely N-dealkylation sites (N-methyl/N-ethyl adjacent to an activating group) is 1. The first kappa shape index (κ1) is 23.9. The lowest BCUT2D eigenvalue weighted by atomic mass is 9.91. The highest BCUT2D eigenvalue weighted by Gasteiger charge is 2.54. The molecule has 2 aromatic heterocycles. The molecule has 5 heterocycles. The highest BCUT2D eigenvalue weighted by Crippen LogP contribution is 2.54. The molecular weight excluding hydrogens is 508 g/mol. The Morgan fingerprint density at radius 2 is 1.82 bits per heavy atom. The monoisotopic (exact) mass is 538 g/mol. The van der Waals surface area contributed by atoms with Crippen molar-refractivity contribution in [1.29, 1.82) is 0 Å². The number of hydrogen-bond donors (Lipinski definition) is 2. The van der Waals surface area contributed by atoms with E-state index in [9.17, 15) is 14.7 Å². The van der Waals surface area contributed by atoms with Gasteiger partial charge in [0.05, 0.1) is 34.1 Å². The second-order valence-corrected chi connectivity index (χ2v) is 11.4. The average molecular weight is 539 g/mol. The summed E-state index contributed by atoms with van der Waals surface area (Å²) < 4.78 is 18.0. The van der Waals surface area contributed by atoms with Crippen molar-refractivity contribution < 1.29 is 24.2 Å². The minimum absolute atomic E-state index is 0.0428. The van der Waals surface area contributed by atoms with Crippen molar-refractivity contribution in [2.24, 2.45) is 0 Å². The third kappa shape index (κ3) is 2.82. The van der Waals surface area contributed by atoms with Gasteiger partial charge in [-0.2, -0.15) is 0 Å². The summed E-state index contributed by atoms with van der Waals surface area (Å²) in [5.41, 5.74) is 4.93. The zero-order chi connectivity index (χ0) is 27.5. The molecule has 5 aromatic rings. The third-order valence-electron chi connectivity index (χ3n) is 9.44. The lowest BCUT2D eigenvalue weighted by Gasteiger charge is -2.50. The number of methoxy groups -OCH3 is 1. The number of hydrogen-bond acceptors (Lipinski definition) is 5. The Morgan fingerprint density at radius 1 is 1.12 bits per heavy atom. The minimum atomic E-state index is -0.918. The van der Waals surface area contributed by atoms with E-state index in [-0.39, 0.29) is 30.7 Å². The van der Waals surface area contributed by atoms with Crippen molar-refractivity contribution >= 4 is 55.5 Å². The molecule has 1 fully saturated rings. The fraction of sp³-hybridized carbons (Fsp3) is 0.355. The number of amides is 1. The van der Waals surface area contributed by atoms with Crippen LogP contribution in [-0.4, -0.2) is 63.9 Å². The lowest BCUT2D eigenvalue weighted by Crippen LogP contribution is -2.60. The maximum absolute atomic E-state index is 13.4. The predicted octanol–water partition coefficient (Wildman–Crippen LogP) is 4.54. The third-order valence-corrected chi connectivity index (χ3v) is 9.44. The van der Waals surface area contributed by atoms with E-state index in [1.165, 1.54) is 0 Å². The number of ether oxygens (including phenoxy) is 2. The van der Waals surface area contributed by atoms with Crippen LogP contribution in [0.15, 0.2) is 48.5 Å². The molecule has 9 nitrogen and oxygen atoms in total. The van der Waals surface area contributed by atoms with Gasteiger partial charge in [0, 0.05) is 54.2 Å². The molecule has 2 N–H and O–H groups in total. The van der Waals surface area contributed by atoms with Gasteiger partial charge in [-0.25, -0.2) is 0 Å². The van der Waals surface area contributed by atoms with Gasteiger partial charge in [0.25, 0.3) is 5.91 Å². The van der Waals surface area contributed by atoms with E-state index in [0.717, 1.165) is 54.7 Å². The Labute approximate surface area is 229 Å². The lowest BCUT2D eigenvalue weighted by molar-refractivity contribution is -0.267. The molecule has 1 amide bonds. The van der Waals surface area contributed by atoms with Gasteiger partial charge in [-0.1, -0.05) is 36.4 Å². The van der Waals surface area contributed by atoms with E-state index in [1.54, 1.807) is 7.11 Å². The molecule has 0 spiro atoms. The summed E-state index contributed by atoms with van der Waals surface area (Å²) in [7, 11) is 3.68. The van der Waals surface area contributed by atoms with Crippen LogP contribution in [0.25, 0.3) is 43.6 Å². The molecular formula is C31H30N4O5. The van der Waals surface area contributed by atoms with Crippen LogP contribution in [0.3, 0.4) is 0 Å². The van der Waals surface area contributed by atoms with Gasteiger partial charge < -0.3 is 29.0 Å². The molecule has 2 bridgehead atoms. The number of benzene rings is 3. The Kier molecular flexibility index (Phi) is 4.82. The van der Waals surface area contributed by atoms with Crippen LogP contribution in [0.1, 0.15) is 41.9 Å². The molecule has 0 saturated carbocycles. The summed E-state index contributed by atoms with van der Waals surface area (Å²) in [5, 5.41) is 16.7. The largest absolute Gasteiger partial charge is 0.481 e. The number of carboxylic acid groups (broad SMARTS) is 1. The number of para-hydroxylation sites is 2. The predicted molar refractivity (Wildman–Crippen MR) is 151 cm³/mol. The summed E-state index contributed by atoms with van der Waals surface area (Å²) in [6, 6.07) is 16.4. The van der Waals surface area contributed by atoms with Crippen molar-refractivity contribution in [1.82, 2.24) is 19.4 Å². The van der Waals surface area contributed by atoms with Gasteiger partial charge in [0.2, 0.25) is 0 Å². The fourth-order valence-corrected chi connectivity index (χ4v) is 7.88. The number of carbonyl (C=O) groups excluding carboxylic acids is 1. The van der Waals surface area contributed by atoms with Crippen molar-refractivity contribution in [2.45, 2.75) is 50.4 Å². The van der Waals surface area contributed by atoms with E-state index in [1.807, 2.05) is 31.3 Å². The maximum atomic E-state index is 13.4. The van der Waals surface area contributed by atoms with Gasteiger partial charge in [0.1, 0.15) is 12.3 Å². The molecule has 3 aliphatic rings. The molecule has 2 unspecified atom stereocenters. The van der Waals surface area contributed by atoms with E-state index >= 15 is 0 Å². The molecule has 40 heavy (non-hydrogen) atoms. The quantitative estimate of drug-likeness (QED) is 0.341. The van der Waals surface area contributed by atoms with E-state index in [2.05, 4.69) is 50.5 Å². The van der Waals surface area contributed by atoms with Crippen LogP contribution in [-0.2, 0) is 26.5 Å². The van der Waals surface area contributed by atoms with Crippen LogP contribution in [0, 0.1) is 0 Å². The summed E-state index contributed by atoms with van der Waals surface area (Å²) in [6.07, 6.45) is -0.104. The summed E-state index contributed by atoms with van der Waals surface area (Å²) in [6.45, 7) is 2.96. The molecule has 8 rings (SSSR count). The first-order chi connectivity index (χ1) is 19.3. The first-order valence-electron chi connectivity index (χ1n) is 13.8. The standard InChI is InChI=1S/C31H30N4O5/c1-31-29(39-3)21(33(2)13-12-23(36)37)14-22(40-31)34-19-10-6-4-8-16(19)25-26-18(15-32-30(26)38)24-17-9-5-7-11-20(17)35(31)28(24)27(25)34/h4-11,21-22,29H,12-15H2,1-3H3,(H,32,38)(H,36,37)/t21?,22-,29?,31+/m0/s1. The number of rotatable bonds is 5. The van der Waals surface area contributed by atoms with Crippen molar-refractivity contribution in [3.63, 3.8) is 0 Å². The number of carboxylic acids is 1. The van der Waals surface area contributed by atoms with Crippen LogP contribution < -0.4 is 5.32 Å². The summed E-state index contributed by atoms with van der Waals surface area (Å²) >= 11 is 0. The average Bonchev–Trinajstić information content (AvgIpc) is 3.59. The van der Waals surface area contributed by atoms with Gasteiger partial charge in [-0.15, -0.1) is 0 Å². The van der Waals surface area contributed by atoms with Crippen LogP contribution in [0.5, 0.6) is 0 Å².